The summed E-state index contributed by atoms with van der Waals surface area (Å²) in [7, 11) is 2.13. The summed E-state index contributed by atoms with van der Waals surface area (Å²) < 4.78 is 0. The second-order valence-corrected chi connectivity index (χ2v) is 8.54. The first-order chi connectivity index (χ1) is 16.6. The van der Waals surface area contributed by atoms with Crippen LogP contribution in [-0.4, -0.2) is 55.6 Å². The standard InChI is InChI=1S/C27H30N6O/c1-32-15-17-33(18-16-32)25-12-11-24(20-30-25)31-27(34)26(23-5-3-2-4-6-23)29-14-13-21-7-9-22(19-28)10-8-21/h2-12,20,26,29H,13-18H2,1H3,(H,31,34). The minimum atomic E-state index is -0.489. The average molecular weight is 455 g/mol. The van der Waals surface area contributed by atoms with E-state index in [0.29, 0.717) is 17.8 Å². The van der Waals surface area contributed by atoms with Crippen LogP contribution < -0.4 is 15.5 Å². The zero-order valence-electron chi connectivity index (χ0n) is 19.4. The molecule has 2 aromatic carbocycles. The number of carbonyl (C=O) groups is 1. The zero-order valence-corrected chi connectivity index (χ0v) is 19.4. The number of benzene rings is 2. The van der Waals surface area contributed by atoms with Crippen LogP contribution in [0.4, 0.5) is 11.5 Å². The summed E-state index contributed by atoms with van der Waals surface area (Å²) in [6.07, 6.45) is 2.48. The number of aromatic nitrogens is 1. The highest BCUT2D eigenvalue weighted by molar-refractivity contribution is 5.95. The minimum absolute atomic E-state index is 0.125. The molecule has 2 N–H and O–H groups in total. The van der Waals surface area contributed by atoms with Gasteiger partial charge in [0.05, 0.1) is 23.5 Å². The molecule has 2 heterocycles. The van der Waals surface area contributed by atoms with Gasteiger partial charge in [0.1, 0.15) is 11.9 Å². The number of pyridine rings is 1. The van der Waals surface area contributed by atoms with Crippen molar-refractivity contribution in [1.82, 2.24) is 15.2 Å². The van der Waals surface area contributed by atoms with E-state index in [4.69, 9.17) is 5.26 Å². The molecule has 34 heavy (non-hydrogen) atoms. The summed E-state index contributed by atoms with van der Waals surface area (Å²) >= 11 is 0. The normalized spacial score (nSPS) is 14.9. The molecule has 174 valence electrons. The number of hydrogen-bond acceptors (Lipinski definition) is 6. The third-order valence-electron chi connectivity index (χ3n) is 6.08. The molecule has 1 unspecified atom stereocenters. The van der Waals surface area contributed by atoms with Gasteiger partial charge in [-0.1, -0.05) is 42.5 Å². The summed E-state index contributed by atoms with van der Waals surface area (Å²) in [5.41, 5.74) is 3.34. The van der Waals surface area contributed by atoms with Crippen LogP contribution in [0.25, 0.3) is 0 Å². The van der Waals surface area contributed by atoms with Crippen molar-refractivity contribution in [2.75, 3.05) is 50.0 Å². The van der Waals surface area contributed by atoms with Gasteiger partial charge in [-0.15, -0.1) is 0 Å². The second-order valence-electron chi connectivity index (χ2n) is 8.54. The molecule has 0 spiro atoms. The number of anilines is 2. The van der Waals surface area contributed by atoms with Crippen molar-refractivity contribution in [3.8, 4) is 6.07 Å². The highest BCUT2D eigenvalue weighted by Crippen LogP contribution is 2.19. The molecule has 7 heteroatoms. The lowest BCUT2D eigenvalue weighted by Gasteiger charge is -2.33. The Morgan fingerprint density at radius 2 is 1.76 bits per heavy atom. The first-order valence-corrected chi connectivity index (χ1v) is 11.6. The molecule has 1 fully saturated rings. The van der Waals surface area contributed by atoms with E-state index in [1.54, 1.807) is 6.20 Å². The molecule has 0 radical (unpaired) electrons. The van der Waals surface area contributed by atoms with E-state index < -0.39 is 6.04 Å². The molecule has 0 saturated carbocycles. The first-order valence-electron chi connectivity index (χ1n) is 11.6. The number of likely N-dealkylation sites (N-methyl/N-ethyl adjacent to an activating group) is 1. The predicted octanol–water partition coefficient (Wildman–Crippen LogP) is 3.22. The number of nitriles is 1. The Morgan fingerprint density at radius 1 is 1.03 bits per heavy atom. The number of carbonyl (C=O) groups excluding carboxylic acids is 1. The Labute approximate surface area is 201 Å². The topological polar surface area (TPSA) is 84.3 Å². The lowest BCUT2D eigenvalue weighted by Crippen LogP contribution is -2.44. The maximum atomic E-state index is 13.2. The third-order valence-corrected chi connectivity index (χ3v) is 6.08. The van der Waals surface area contributed by atoms with Crippen LogP contribution in [0.1, 0.15) is 22.7 Å². The van der Waals surface area contributed by atoms with Gasteiger partial charge in [0, 0.05) is 32.7 Å². The Hall–Kier alpha value is -3.73. The fourth-order valence-corrected chi connectivity index (χ4v) is 4.01. The van der Waals surface area contributed by atoms with E-state index in [1.807, 2.05) is 66.7 Å². The second kappa shape index (κ2) is 11.4. The van der Waals surface area contributed by atoms with Crippen LogP contribution in [0.3, 0.4) is 0 Å². The Bertz CT molecular complexity index is 1100. The molecule has 4 rings (SSSR count). The van der Waals surface area contributed by atoms with E-state index >= 15 is 0 Å². The quantitative estimate of drug-likeness (QED) is 0.544. The van der Waals surface area contributed by atoms with Gasteiger partial charge in [0.2, 0.25) is 5.91 Å². The summed E-state index contributed by atoms with van der Waals surface area (Å²) in [5, 5.41) is 15.4. The highest BCUT2D eigenvalue weighted by Gasteiger charge is 2.21. The molecule has 1 amide bonds. The molecule has 1 aliphatic heterocycles. The number of rotatable bonds is 8. The third kappa shape index (κ3) is 6.19. The summed E-state index contributed by atoms with van der Waals surface area (Å²) in [4.78, 5) is 22.4. The van der Waals surface area contributed by atoms with Gasteiger partial charge >= 0.3 is 0 Å². The van der Waals surface area contributed by atoms with Gasteiger partial charge in [0.25, 0.3) is 0 Å². The van der Waals surface area contributed by atoms with Crippen LogP contribution in [-0.2, 0) is 11.2 Å². The lowest BCUT2D eigenvalue weighted by atomic mass is 10.0. The molecule has 0 aliphatic carbocycles. The Kier molecular flexibility index (Phi) is 7.87. The van der Waals surface area contributed by atoms with Crippen molar-refractivity contribution >= 4 is 17.4 Å². The van der Waals surface area contributed by atoms with Crippen LogP contribution in [0.5, 0.6) is 0 Å². The van der Waals surface area contributed by atoms with Gasteiger partial charge < -0.3 is 20.4 Å². The monoisotopic (exact) mass is 454 g/mol. The van der Waals surface area contributed by atoms with Crippen molar-refractivity contribution in [2.45, 2.75) is 12.5 Å². The largest absolute Gasteiger partial charge is 0.354 e. The van der Waals surface area contributed by atoms with E-state index in [0.717, 1.165) is 49.5 Å². The van der Waals surface area contributed by atoms with Gasteiger partial charge in [-0.05, 0) is 48.9 Å². The number of nitrogens with zero attached hydrogens (tertiary/aromatic N) is 4. The molecule has 0 bridgehead atoms. The Balaban J connectivity index is 1.38. The number of piperazine rings is 1. The molecule has 1 saturated heterocycles. The molecular formula is C27H30N6O. The van der Waals surface area contributed by atoms with Gasteiger partial charge in [0.15, 0.2) is 0 Å². The van der Waals surface area contributed by atoms with Crippen molar-refractivity contribution in [3.63, 3.8) is 0 Å². The molecular weight excluding hydrogens is 424 g/mol. The molecule has 1 atom stereocenters. The summed E-state index contributed by atoms with van der Waals surface area (Å²) in [6, 6.07) is 22.8. The molecule has 1 aliphatic rings. The summed E-state index contributed by atoms with van der Waals surface area (Å²) in [6.45, 7) is 4.57. The maximum Gasteiger partial charge on any atom is 0.246 e. The minimum Gasteiger partial charge on any atom is -0.354 e. The smallest absolute Gasteiger partial charge is 0.246 e. The van der Waals surface area contributed by atoms with Gasteiger partial charge in [-0.2, -0.15) is 5.26 Å². The van der Waals surface area contributed by atoms with Crippen LogP contribution in [0.15, 0.2) is 72.9 Å². The fraction of sp³-hybridized carbons (Fsp3) is 0.296. The van der Waals surface area contributed by atoms with Crippen molar-refractivity contribution in [3.05, 3.63) is 89.6 Å². The van der Waals surface area contributed by atoms with E-state index in [-0.39, 0.29) is 5.91 Å². The van der Waals surface area contributed by atoms with Crippen LogP contribution in [0.2, 0.25) is 0 Å². The van der Waals surface area contributed by atoms with E-state index in [9.17, 15) is 4.79 Å². The summed E-state index contributed by atoms with van der Waals surface area (Å²) in [5.74, 6) is 0.812. The fourth-order valence-electron chi connectivity index (χ4n) is 4.01. The molecule has 3 aromatic rings. The van der Waals surface area contributed by atoms with Crippen molar-refractivity contribution in [2.24, 2.45) is 0 Å². The zero-order chi connectivity index (χ0) is 23.8. The van der Waals surface area contributed by atoms with Crippen LogP contribution in [0, 0.1) is 11.3 Å². The van der Waals surface area contributed by atoms with Gasteiger partial charge in [-0.3, -0.25) is 4.79 Å². The maximum absolute atomic E-state index is 13.2. The van der Waals surface area contributed by atoms with Crippen LogP contribution >= 0.6 is 0 Å². The first kappa shape index (κ1) is 23.4. The van der Waals surface area contributed by atoms with E-state index in [1.165, 1.54) is 0 Å². The Morgan fingerprint density at radius 3 is 2.41 bits per heavy atom. The molecule has 1 aromatic heterocycles. The average Bonchev–Trinajstić information content (AvgIpc) is 2.88. The highest BCUT2D eigenvalue weighted by atomic mass is 16.2. The number of hydrogen-bond donors (Lipinski definition) is 2. The lowest BCUT2D eigenvalue weighted by molar-refractivity contribution is -0.118. The molecule has 7 nitrogen and oxygen atoms in total. The van der Waals surface area contributed by atoms with Crippen molar-refractivity contribution in [1.29, 1.82) is 5.26 Å². The van der Waals surface area contributed by atoms with Crippen molar-refractivity contribution < 1.29 is 4.79 Å². The van der Waals surface area contributed by atoms with Gasteiger partial charge in [-0.25, -0.2) is 4.98 Å². The SMILES string of the molecule is CN1CCN(c2ccc(NC(=O)C(NCCc3ccc(C#N)cc3)c3ccccc3)cn2)CC1. The van der Waals surface area contributed by atoms with E-state index in [2.05, 4.69) is 38.5 Å². The number of amides is 1. The predicted molar refractivity (Wildman–Crippen MR) is 135 cm³/mol. The number of nitrogens with one attached hydrogen (secondary N) is 2.